The van der Waals surface area contributed by atoms with E-state index in [2.05, 4.69) is 0 Å². The van der Waals surface area contributed by atoms with Crippen LogP contribution in [0.25, 0.3) is 0 Å². The van der Waals surface area contributed by atoms with Gasteiger partial charge in [0.1, 0.15) is 12.5 Å². The van der Waals surface area contributed by atoms with E-state index in [9.17, 15) is 9.18 Å². The lowest BCUT2D eigenvalue weighted by Crippen LogP contribution is -2.22. The molecule has 2 heteroatoms. The molecule has 0 amide bonds. The minimum atomic E-state index is -0.534. The SMILES string of the molecule is CC(C)C(=O)C1(CF)CC1. The van der Waals surface area contributed by atoms with Gasteiger partial charge in [-0.1, -0.05) is 13.8 Å². The summed E-state index contributed by atoms with van der Waals surface area (Å²) in [6.45, 7) is 3.21. The summed E-state index contributed by atoms with van der Waals surface area (Å²) < 4.78 is 12.2. The molecule has 58 valence electrons. The molecule has 1 nitrogen and oxygen atoms in total. The fourth-order valence-electron chi connectivity index (χ4n) is 1.21. The number of ketones is 1. The fraction of sp³-hybridized carbons (Fsp3) is 0.875. The molecule has 0 saturated heterocycles. The molecule has 0 radical (unpaired) electrons. The standard InChI is InChI=1S/C8H13FO/c1-6(2)7(10)8(5-9)3-4-8/h6H,3-5H2,1-2H3. The first kappa shape index (κ1) is 7.70. The maximum Gasteiger partial charge on any atom is 0.144 e. The summed E-state index contributed by atoms with van der Waals surface area (Å²) in [7, 11) is 0. The molecule has 1 rings (SSSR count). The van der Waals surface area contributed by atoms with Gasteiger partial charge in [-0.3, -0.25) is 9.18 Å². The van der Waals surface area contributed by atoms with Crippen LogP contribution in [0.15, 0.2) is 0 Å². The van der Waals surface area contributed by atoms with E-state index in [0.717, 1.165) is 12.8 Å². The number of hydrogen-bond donors (Lipinski definition) is 0. The largest absolute Gasteiger partial charge is 0.299 e. The zero-order valence-corrected chi connectivity index (χ0v) is 6.48. The molecule has 1 aliphatic rings. The Bertz CT molecular complexity index is 147. The number of Topliss-reactive ketones (excluding diaryl/α,β-unsaturated/α-hetero) is 1. The summed E-state index contributed by atoms with van der Waals surface area (Å²) in [6, 6.07) is 0. The molecule has 10 heavy (non-hydrogen) atoms. The van der Waals surface area contributed by atoms with Crippen molar-refractivity contribution in [1.29, 1.82) is 0 Å². The molecule has 1 aliphatic carbocycles. The van der Waals surface area contributed by atoms with E-state index in [4.69, 9.17) is 0 Å². The first-order valence-electron chi connectivity index (χ1n) is 3.73. The van der Waals surface area contributed by atoms with E-state index in [-0.39, 0.29) is 11.7 Å². The van der Waals surface area contributed by atoms with Crippen molar-refractivity contribution in [2.45, 2.75) is 26.7 Å². The van der Waals surface area contributed by atoms with Gasteiger partial charge >= 0.3 is 0 Å². The second-order valence-electron chi connectivity index (χ2n) is 3.43. The minimum Gasteiger partial charge on any atom is -0.299 e. The van der Waals surface area contributed by atoms with Crippen molar-refractivity contribution in [1.82, 2.24) is 0 Å². The Labute approximate surface area is 60.6 Å². The van der Waals surface area contributed by atoms with Gasteiger partial charge in [-0.05, 0) is 12.8 Å². The Hall–Kier alpha value is -0.400. The maximum absolute atomic E-state index is 12.2. The molecule has 1 saturated carbocycles. The van der Waals surface area contributed by atoms with Gasteiger partial charge in [0.05, 0.1) is 5.41 Å². The Morgan fingerprint density at radius 2 is 2.10 bits per heavy atom. The summed E-state index contributed by atoms with van der Waals surface area (Å²) >= 11 is 0. The predicted molar refractivity (Wildman–Crippen MR) is 37.5 cm³/mol. The number of halogens is 1. The third kappa shape index (κ3) is 1.07. The Kier molecular flexibility index (Phi) is 1.80. The van der Waals surface area contributed by atoms with Crippen LogP contribution >= 0.6 is 0 Å². The second-order valence-corrected chi connectivity index (χ2v) is 3.43. The predicted octanol–water partition coefficient (Wildman–Crippen LogP) is 1.96. The number of carbonyl (C=O) groups is 1. The van der Waals surface area contributed by atoms with Gasteiger partial charge < -0.3 is 0 Å². The van der Waals surface area contributed by atoms with Crippen molar-refractivity contribution in [3.63, 3.8) is 0 Å². The molecule has 1 fully saturated rings. The smallest absolute Gasteiger partial charge is 0.144 e. The highest BCUT2D eigenvalue weighted by Crippen LogP contribution is 2.48. The average Bonchev–Trinajstić information content (AvgIpc) is 2.66. The van der Waals surface area contributed by atoms with E-state index >= 15 is 0 Å². The van der Waals surface area contributed by atoms with Gasteiger partial charge in [-0.25, -0.2) is 0 Å². The zero-order valence-electron chi connectivity index (χ0n) is 6.48. The zero-order chi connectivity index (χ0) is 7.78. The molecular formula is C8H13FO. The van der Waals surface area contributed by atoms with Crippen LogP contribution < -0.4 is 0 Å². The highest BCUT2D eigenvalue weighted by Gasteiger charge is 2.50. The topological polar surface area (TPSA) is 17.1 Å². The van der Waals surface area contributed by atoms with Crippen LogP contribution in [0.5, 0.6) is 0 Å². The number of rotatable bonds is 3. The summed E-state index contributed by atoms with van der Waals surface area (Å²) in [5.41, 5.74) is -0.534. The van der Waals surface area contributed by atoms with Crippen LogP contribution in [0, 0.1) is 11.3 Å². The normalized spacial score (nSPS) is 21.2. The molecule has 0 unspecified atom stereocenters. The summed E-state index contributed by atoms with van der Waals surface area (Å²) in [5.74, 6) is 0.105. The Balaban J connectivity index is 2.56. The van der Waals surface area contributed by atoms with E-state index in [0.29, 0.717) is 0 Å². The van der Waals surface area contributed by atoms with Gasteiger partial charge in [0.25, 0.3) is 0 Å². The van der Waals surface area contributed by atoms with E-state index in [1.165, 1.54) is 0 Å². The molecule has 0 aliphatic heterocycles. The highest BCUT2D eigenvalue weighted by atomic mass is 19.1. The number of carbonyl (C=O) groups excluding carboxylic acids is 1. The Morgan fingerprint density at radius 3 is 2.20 bits per heavy atom. The highest BCUT2D eigenvalue weighted by molar-refractivity contribution is 5.89. The van der Waals surface area contributed by atoms with Gasteiger partial charge in [-0.15, -0.1) is 0 Å². The lowest BCUT2D eigenvalue weighted by molar-refractivity contribution is -0.127. The van der Waals surface area contributed by atoms with Crippen molar-refractivity contribution in [2.75, 3.05) is 6.67 Å². The number of hydrogen-bond acceptors (Lipinski definition) is 1. The fourth-order valence-corrected chi connectivity index (χ4v) is 1.21. The third-order valence-electron chi connectivity index (χ3n) is 2.16. The monoisotopic (exact) mass is 144 g/mol. The molecule has 0 N–H and O–H groups in total. The van der Waals surface area contributed by atoms with Crippen molar-refractivity contribution in [3.05, 3.63) is 0 Å². The van der Waals surface area contributed by atoms with Crippen LogP contribution in [0.2, 0.25) is 0 Å². The molecular weight excluding hydrogens is 131 g/mol. The van der Waals surface area contributed by atoms with Gasteiger partial charge in [0, 0.05) is 5.92 Å². The molecule has 0 heterocycles. The van der Waals surface area contributed by atoms with Crippen LogP contribution in [-0.2, 0) is 4.79 Å². The maximum atomic E-state index is 12.2. The van der Waals surface area contributed by atoms with Gasteiger partial charge in [0.15, 0.2) is 0 Å². The molecule has 0 bridgehead atoms. The van der Waals surface area contributed by atoms with E-state index < -0.39 is 12.1 Å². The van der Waals surface area contributed by atoms with Crippen molar-refractivity contribution >= 4 is 5.78 Å². The van der Waals surface area contributed by atoms with Crippen molar-refractivity contribution in [2.24, 2.45) is 11.3 Å². The van der Waals surface area contributed by atoms with Crippen LogP contribution in [0.4, 0.5) is 4.39 Å². The first-order valence-corrected chi connectivity index (χ1v) is 3.73. The second kappa shape index (κ2) is 2.33. The summed E-state index contributed by atoms with van der Waals surface area (Å²) in [4.78, 5) is 11.2. The lowest BCUT2D eigenvalue weighted by atomic mass is 9.94. The van der Waals surface area contributed by atoms with Crippen LogP contribution in [0.3, 0.4) is 0 Å². The molecule has 0 spiro atoms. The Morgan fingerprint density at radius 1 is 1.60 bits per heavy atom. The summed E-state index contributed by atoms with van der Waals surface area (Å²) in [5, 5.41) is 0. The average molecular weight is 144 g/mol. The molecule has 0 aromatic rings. The van der Waals surface area contributed by atoms with Crippen LogP contribution in [-0.4, -0.2) is 12.5 Å². The van der Waals surface area contributed by atoms with E-state index in [1.807, 2.05) is 13.8 Å². The van der Waals surface area contributed by atoms with Crippen molar-refractivity contribution < 1.29 is 9.18 Å². The number of alkyl halides is 1. The lowest BCUT2D eigenvalue weighted by Gasteiger charge is -2.10. The van der Waals surface area contributed by atoms with Crippen LogP contribution in [0.1, 0.15) is 26.7 Å². The minimum absolute atomic E-state index is 0.00162. The first-order chi connectivity index (χ1) is 4.62. The van der Waals surface area contributed by atoms with Gasteiger partial charge in [-0.2, -0.15) is 0 Å². The molecule has 0 aromatic heterocycles. The van der Waals surface area contributed by atoms with Crippen molar-refractivity contribution in [3.8, 4) is 0 Å². The summed E-state index contributed by atoms with van der Waals surface area (Å²) in [6.07, 6.45) is 1.53. The molecule has 0 aromatic carbocycles. The molecule has 0 atom stereocenters. The van der Waals surface area contributed by atoms with E-state index in [1.54, 1.807) is 0 Å². The quantitative estimate of drug-likeness (QED) is 0.591. The van der Waals surface area contributed by atoms with Gasteiger partial charge in [0.2, 0.25) is 0 Å². The third-order valence-corrected chi connectivity index (χ3v) is 2.16.